The molecule has 1 aromatic heterocycles. The Morgan fingerprint density at radius 1 is 1.65 bits per heavy atom. The maximum atomic E-state index is 11.5. The molecule has 0 fully saturated rings. The smallest absolute Gasteiger partial charge is 0.220 e. The third-order valence-corrected chi connectivity index (χ3v) is 2.45. The van der Waals surface area contributed by atoms with Crippen LogP contribution in [0.1, 0.15) is 44.8 Å². The second-order valence-corrected chi connectivity index (χ2v) is 4.22. The van der Waals surface area contributed by atoms with E-state index in [1.807, 2.05) is 13.8 Å². The van der Waals surface area contributed by atoms with Gasteiger partial charge in [-0.2, -0.15) is 0 Å². The van der Waals surface area contributed by atoms with Crippen molar-refractivity contribution < 1.29 is 9.21 Å². The van der Waals surface area contributed by atoms with Crippen LogP contribution in [0.25, 0.3) is 0 Å². The van der Waals surface area contributed by atoms with Gasteiger partial charge in [-0.3, -0.25) is 4.79 Å². The van der Waals surface area contributed by atoms with E-state index in [2.05, 4.69) is 10.3 Å². The highest BCUT2D eigenvalue weighted by molar-refractivity contribution is 5.75. The first-order valence-corrected chi connectivity index (χ1v) is 6.07. The molecule has 1 heterocycles. The van der Waals surface area contributed by atoms with Crippen molar-refractivity contribution in [3.63, 3.8) is 0 Å². The van der Waals surface area contributed by atoms with Gasteiger partial charge < -0.3 is 15.5 Å². The zero-order chi connectivity index (χ0) is 12.7. The fraction of sp³-hybridized carbons (Fsp3) is 0.667. The van der Waals surface area contributed by atoms with Gasteiger partial charge in [0.25, 0.3) is 0 Å². The average Bonchev–Trinajstić information content (AvgIpc) is 2.73. The number of rotatable bonds is 7. The fourth-order valence-corrected chi connectivity index (χ4v) is 1.44. The first-order chi connectivity index (χ1) is 8.11. The Balaban J connectivity index is 2.19. The highest BCUT2D eigenvalue weighted by Gasteiger charge is 2.05. The van der Waals surface area contributed by atoms with E-state index in [-0.39, 0.29) is 11.9 Å². The summed E-state index contributed by atoms with van der Waals surface area (Å²) in [5, 5.41) is 2.77. The molecule has 1 rings (SSSR count). The highest BCUT2D eigenvalue weighted by Crippen LogP contribution is 2.04. The van der Waals surface area contributed by atoms with Crippen molar-refractivity contribution in [1.29, 1.82) is 0 Å². The molecular weight excluding hydrogens is 218 g/mol. The summed E-state index contributed by atoms with van der Waals surface area (Å²) in [5.74, 6) is 1.41. The lowest BCUT2D eigenvalue weighted by Gasteiger charge is -2.04. The van der Waals surface area contributed by atoms with Crippen molar-refractivity contribution in [3.05, 3.63) is 17.8 Å². The van der Waals surface area contributed by atoms with Gasteiger partial charge >= 0.3 is 0 Å². The summed E-state index contributed by atoms with van der Waals surface area (Å²) in [5.41, 5.74) is 5.60. The van der Waals surface area contributed by atoms with E-state index in [1.165, 1.54) is 0 Å². The van der Waals surface area contributed by atoms with Gasteiger partial charge in [-0.1, -0.05) is 6.92 Å². The van der Waals surface area contributed by atoms with Crippen molar-refractivity contribution in [2.24, 2.45) is 5.73 Å². The Labute approximate surface area is 102 Å². The van der Waals surface area contributed by atoms with Crippen LogP contribution in [0.2, 0.25) is 0 Å². The molecule has 17 heavy (non-hydrogen) atoms. The number of aromatic nitrogens is 1. The molecule has 0 aliphatic carbocycles. The van der Waals surface area contributed by atoms with E-state index in [0.717, 1.165) is 25.0 Å². The molecule has 0 bridgehead atoms. The zero-order valence-electron chi connectivity index (χ0n) is 10.5. The van der Waals surface area contributed by atoms with E-state index in [1.54, 1.807) is 6.20 Å². The average molecular weight is 239 g/mol. The van der Waals surface area contributed by atoms with Gasteiger partial charge in [0.15, 0.2) is 0 Å². The van der Waals surface area contributed by atoms with Crippen molar-refractivity contribution in [1.82, 2.24) is 10.3 Å². The van der Waals surface area contributed by atoms with Crippen molar-refractivity contribution >= 4 is 5.91 Å². The van der Waals surface area contributed by atoms with E-state index >= 15 is 0 Å². The Morgan fingerprint density at radius 2 is 2.41 bits per heavy atom. The number of carbonyl (C=O) groups excluding carboxylic acids is 1. The van der Waals surface area contributed by atoms with Crippen LogP contribution in [0.3, 0.4) is 0 Å². The molecule has 5 heteroatoms. The molecule has 1 atom stereocenters. The fourth-order valence-electron chi connectivity index (χ4n) is 1.44. The second-order valence-electron chi connectivity index (χ2n) is 4.22. The summed E-state index contributed by atoms with van der Waals surface area (Å²) in [6.45, 7) is 4.30. The molecule has 0 aliphatic rings. The molecule has 0 aromatic carbocycles. The van der Waals surface area contributed by atoms with Crippen molar-refractivity contribution in [2.75, 3.05) is 0 Å². The van der Waals surface area contributed by atoms with Gasteiger partial charge in [0.05, 0.1) is 12.7 Å². The second kappa shape index (κ2) is 7.06. The van der Waals surface area contributed by atoms with Gasteiger partial charge in [-0.25, -0.2) is 4.98 Å². The predicted octanol–water partition coefficient (Wildman–Crippen LogP) is 1.37. The minimum Gasteiger partial charge on any atom is -0.444 e. The number of oxazole rings is 1. The van der Waals surface area contributed by atoms with E-state index in [4.69, 9.17) is 10.2 Å². The highest BCUT2D eigenvalue weighted by atomic mass is 16.4. The van der Waals surface area contributed by atoms with E-state index in [0.29, 0.717) is 18.9 Å². The standard InChI is InChI=1S/C12H21N3O2/c1-3-10-7-15-12(17-10)8-14-11(16)6-4-5-9(2)13/h7,9H,3-6,8,13H2,1-2H3,(H,14,16). The monoisotopic (exact) mass is 239 g/mol. The topological polar surface area (TPSA) is 81.2 Å². The summed E-state index contributed by atoms with van der Waals surface area (Å²) in [4.78, 5) is 15.5. The Morgan fingerprint density at radius 3 is 3.00 bits per heavy atom. The van der Waals surface area contributed by atoms with Crippen molar-refractivity contribution in [3.8, 4) is 0 Å². The molecule has 1 aromatic rings. The summed E-state index contributed by atoms with van der Waals surface area (Å²) in [7, 11) is 0. The Hall–Kier alpha value is -1.36. The molecule has 0 aliphatic heterocycles. The lowest BCUT2D eigenvalue weighted by atomic mass is 10.1. The quantitative estimate of drug-likeness (QED) is 0.753. The summed E-state index contributed by atoms with van der Waals surface area (Å²) >= 11 is 0. The van der Waals surface area contributed by atoms with Crippen LogP contribution in [0.4, 0.5) is 0 Å². The number of carbonyl (C=O) groups is 1. The summed E-state index contributed by atoms with van der Waals surface area (Å²) in [6.07, 6.45) is 4.69. The number of nitrogens with two attached hydrogens (primary N) is 1. The first kappa shape index (κ1) is 13.7. The molecule has 0 radical (unpaired) electrons. The maximum Gasteiger partial charge on any atom is 0.220 e. The number of amides is 1. The molecule has 1 unspecified atom stereocenters. The molecular formula is C12H21N3O2. The number of nitrogens with one attached hydrogen (secondary N) is 1. The molecule has 0 spiro atoms. The number of nitrogens with zero attached hydrogens (tertiary/aromatic N) is 1. The van der Waals surface area contributed by atoms with Gasteiger partial charge in [-0.15, -0.1) is 0 Å². The Kier molecular flexibility index (Phi) is 5.69. The van der Waals surface area contributed by atoms with Gasteiger partial charge in [-0.05, 0) is 19.8 Å². The lowest BCUT2D eigenvalue weighted by Crippen LogP contribution is -2.23. The molecule has 3 N–H and O–H groups in total. The SMILES string of the molecule is CCc1cnc(CNC(=O)CCCC(C)N)o1. The molecule has 1 amide bonds. The third-order valence-electron chi connectivity index (χ3n) is 2.45. The minimum atomic E-state index is 0.0156. The van der Waals surface area contributed by atoms with E-state index < -0.39 is 0 Å². The maximum absolute atomic E-state index is 11.5. The molecule has 5 nitrogen and oxygen atoms in total. The summed E-state index contributed by atoms with van der Waals surface area (Å²) in [6, 6.07) is 0.154. The molecule has 96 valence electrons. The van der Waals surface area contributed by atoms with E-state index in [9.17, 15) is 4.79 Å². The Bertz CT molecular complexity index is 347. The van der Waals surface area contributed by atoms with Crippen LogP contribution in [0, 0.1) is 0 Å². The molecule has 0 saturated carbocycles. The van der Waals surface area contributed by atoms with Crippen LogP contribution >= 0.6 is 0 Å². The van der Waals surface area contributed by atoms with Crippen LogP contribution in [0.15, 0.2) is 10.6 Å². The lowest BCUT2D eigenvalue weighted by molar-refractivity contribution is -0.121. The van der Waals surface area contributed by atoms with Crippen LogP contribution in [0.5, 0.6) is 0 Å². The predicted molar refractivity (Wildman–Crippen MR) is 65.2 cm³/mol. The largest absolute Gasteiger partial charge is 0.444 e. The van der Waals surface area contributed by atoms with Gasteiger partial charge in [0.2, 0.25) is 11.8 Å². The van der Waals surface area contributed by atoms with Gasteiger partial charge in [0.1, 0.15) is 5.76 Å². The third kappa shape index (κ3) is 5.49. The molecule has 0 saturated heterocycles. The number of aryl methyl sites for hydroxylation is 1. The van der Waals surface area contributed by atoms with Crippen LogP contribution in [-0.4, -0.2) is 16.9 Å². The number of hydrogen-bond acceptors (Lipinski definition) is 4. The number of hydrogen-bond donors (Lipinski definition) is 2. The first-order valence-electron chi connectivity index (χ1n) is 6.07. The van der Waals surface area contributed by atoms with Crippen LogP contribution in [-0.2, 0) is 17.8 Å². The van der Waals surface area contributed by atoms with Crippen LogP contribution < -0.4 is 11.1 Å². The van der Waals surface area contributed by atoms with Crippen molar-refractivity contribution in [2.45, 2.75) is 52.1 Å². The summed E-state index contributed by atoms with van der Waals surface area (Å²) < 4.78 is 5.38. The minimum absolute atomic E-state index is 0.0156. The normalized spacial score (nSPS) is 12.4. The zero-order valence-corrected chi connectivity index (χ0v) is 10.5. The van der Waals surface area contributed by atoms with Gasteiger partial charge in [0, 0.05) is 18.9 Å².